The molecule has 5 nitrogen and oxygen atoms in total. The van der Waals surface area contributed by atoms with E-state index in [2.05, 4.69) is 0 Å². The summed E-state index contributed by atoms with van der Waals surface area (Å²) in [6.07, 6.45) is 2.84. The lowest BCUT2D eigenvalue weighted by molar-refractivity contribution is 0.0982. The van der Waals surface area contributed by atoms with Crippen LogP contribution in [0.5, 0.6) is 0 Å². The molecule has 0 saturated carbocycles. The van der Waals surface area contributed by atoms with Crippen molar-refractivity contribution in [3.63, 3.8) is 0 Å². The molecule has 0 radical (unpaired) electrons. The molecule has 1 saturated heterocycles. The first-order valence-corrected chi connectivity index (χ1v) is 7.03. The molecule has 1 atom stereocenters. The Kier molecular flexibility index (Phi) is 3.44. The Morgan fingerprint density at radius 1 is 1.25 bits per heavy atom. The Balaban J connectivity index is 1.92. The molecule has 0 aromatic heterocycles. The molecule has 1 heterocycles. The highest BCUT2D eigenvalue weighted by atomic mass is 16.6. The van der Waals surface area contributed by atoms with E-state index in [0.717, 1.165) is 36.1 Å². The standard InChI is InChI=1S/C15H18N2O3/c16-8-12-9-17(15(19)20-12)11-6-5-10-3-1-2-4-14(18)13(10)7-11/h5-7,12H,1-4,8-9,16H2. The summed E-state index contributed by atoms with van der Waals surface area (Å²) in [4.78, 5) is 25.5. The van der Waals surface area contributed by atoms with Crippen LogP contribution in [0, 0.1) is 0 Å². The van der Waals surface area contributed by atoms with Crippen molar-refractivity contribution in [2.45, 2.75) is 31.8 Å². The maximum Gasteiger partial charge on any atom is 0.414 e. The molecule has 1 aromatic rings. The van der Waals surface area contributed by atoms with Crippen LogP contribution in [0.15, 0.2) is 18.2 Å². The Hall–Kier alpha value is -1.88. The number of fused-ring (bicyclic) bond motifs is 1. The van der Waals surface area contributed by atoms with Gasteiger partial charge in [-0.25, -0.2) is 4.79 Å². The quantitative estimate of drug-likeness (QED) is 0.836. The normalized spacial score (nSPS) is 22.4. The van der Waals surface area contributed by atoms with Gasteiger partial charge in [0.15, 0.2) is 5.78 Å². The highest BCUT2D eigenvalue weighted by molar-refractivity contribution is 6.00. The van der Waals surface area contributed by atoms with Crippen molar-refractivity contribution in [3.05, 3.63) is 29.3 Å². The Morgan fingerprint density at radius 3 is 2.80 bits per heavy atom. The number of nitrogens with zero attached hydrogens (tertiary/aromatic N) is 1. The monoisotopic (exact) mass is 274 g/mol. The fourth-order valence-electron chi connectivity index (χ4n) is 2.80. The van der Waals surface area contributed by atoms with Gasteiger partial charge in [-0.05, 0) is 37.0 Å². The number of cyclic esters (lactones) is 1. The van der Waals surface area contributed by atoms with Gasteiger partial charge in [-0.3, -0.25) is 9.69 Å². The molecular formula is C15H18N2O3. The summed E-state index contributed by atoms with van der Waals surface area (Å²) in [5.41, 5.74) is 8.09. The molecule has 2 N–H and O–H groups in total. The molecule has 3 rings (SSSR count). The molecule has 1 aromatic carbocycles. The maximum absolute atomic E-state index is 12.1. The van der Waals surface area contributed by atoms with Crippen LogP contribution in [0.25, 0.3) is 0 Å². The van der Waals surface area contributed by atoms with Gasteiger partial charge in [0.1, 0.15) is 6.10 Å². The average Bonchev–Trinajstić information content (AvgIpc) is 2.74. The number of hydrogen-bond acceptors (Lipinski definition) is 4. The number of benzene rings is 1. The summed E-state index contributed by atoms with van der Waals surface area (Å²) in [6.45, 7) is 0.758. The number of nitrogens with two attached hydrogens (primary N) is 1. The van der Waals surface area contributed by atoms with E-state index in [0.29, 0.717) is 19.5 Å². The van der Waals surface area contributed by atoms with Crippen LogP contribution in [-0.4, -0.2) is 31.1 Å². The highest BCUT2D eigenvalue weighted by Crippen LogP contribution is 2.28. The van der Waals surface area contributed by atoms with Gasteiger partial charge in [0, 0.05) is 24.2 Å². The van der Waals surface area contributed by atoms with Gasteiger partial charge >= 0.3 is 6.09 Å². The lowest BCUT2D eigenvalue weighted by atomic mass is 10.0. The SMILES string of the molecule is NCC1CN(c2ccc3c(c2)C(=O)CCCC3)C(=O)O1. The van der Waals surface area contributed by atoms with E-state index in [-0.39, 0.29) is 18.0 Å². The zero-order valence-electron chi connectivity index (χ0n) is 11.3. The largest absolute Gasteiger partial charge is 0.443 e. The number of hydrogen-bond donors (Lipinski definition) is 1. The van der Waals surface area contributed by atoms with Crippen molar-refractivity contribution in [2.24, 2.45) is 5.73 Å². The summed E-state index contributed by atoms with van der Waals surface area (Å²) in [5, 5.41) is 0. The Morgan fingerprint density at radius 2 is 2.05 bits per heavy atom. The number of Topliss-reactive ketones (excluding diaryl/α,β-unsaturated/α-hetero) is 1. The predicted octanol–water partition coefficient (Wildman–Crippen LogP) is 1.88. The predicted molar refractivity (Wildman–Crippen MR) is 75.0 cm³/mol. The van der Waals surface area contributed by atoms with Crippen molar-refractivity contribution in [1.82, 2.24) is 0 Å². The minimum Gasteiger partial charge on any atom is -0.443 e. The zero-order valence-corrected chi connectivity index (χ0v) is 11.3. The molecular weight excluding hydrogens is 256 g/mol. The molecule has 1 aliphatic carbocycles. The summed E-state index contributed by atoms with van der Waals surface area (Å²) in [6, 6.07) is 5.66. The van der Waals surface area contributed by atoms with Crippen LogP contribution in [0.3, 0.4) is 0 Å². The summed E-state index contributed by atoms with van der Waals surface area (Å²) in [5.74, 6) is 0.169. The first-order chi connectivity index (χ1) is 9.69. The number of carbonyl (C=O) groups is 2. The van der Waals surface area contributed by atoms with Crippen LogP contribution >= 0.6 is 0 Å². The smallest absolute Gasteiger partial charge is 0.414 e. The van der Waals surface area contributed by atoms with Crippen molar-refractivity contribution in [2.75, 3.05) is 18.0 Å². The van der Waals surface area contributed by atoms with Crippen LogP contribution in [0.1, 0.15) is 35.2 Å². The number of rotatable bonds is 2. The summed E-state index contributed by atoms with van der Waals surface area (Å²) in [7, 11) is 0. The minimum atomic E-state index is -0.388. The summed E-state index contributed by atoms with van der Waals surface area (Å²) < 4.78 is 5.15. The maximum atomic E-state index is 12.1. The van der Waals surface area contributed by atoms with Crippen molar-refractivity contribution >= 4 is 17.6 Å². The van der Waals surface area contributed by atoms with Gasteiger partial charge in [-0.2, -0.15) is 0 Å². The van der Waals surface area contributed by atoms with Gasteiger partial charge in [0.05, 0.1) is 6.54 Å². The summed E-state index contributed by atoms with van der Waals surface area (Å²) >= 11 is 0. The third-order valence-corrected chi connectivity index (χ3v) is 3.94. The second-order valence-electron chi connectivity index (χ2n) is 5.32. The molecule has 5 heteroatoms. The van der Waals surface area contributed by atoms with Gasteiger partial charge in [-0.1, -0.05) is 6.07 Å². The Bertz CT molecular complexity index is 556. The van der Waals surface area contributed by atoms with E-state index in [4.69, 9.17) is 10.5 Å². The van der Waals surface area contributed by atoms with E-state index < -0.39 is 0 Å². The molecule has 106 valence electrons. The lowest BCUT2D eigenvalue weighted by Gasteiger charge is -2.15. The lowest BCUT2D eigenvalue weighted by Crippen LogP contribution is -2.27. The van der Waals surface area contributed by atoms with Crippen LogP contribution < -0.4 is 10.6 Å². The Labute approximate surface area is 117 Å². The topological polar surface area (TPSA) is 72.6 Å². The highest BCUT2D eigenvalue weighted by Gasteiger charge is 2.32. The van der Waals surface area contributed by atoms with Crippen LogP contribution in [-0.2, 0) is 11.2 Å². The number of anilines is 1. The second-order valence-corrected chi connectivity index (χ2v) is 5.32. The van der Waals surface area contributed by atoms with Gasteiger partial charge in [-0.15, -0.1) is 0 Å². The third kappa shape index (κ3) is 2.29. The van der Waals surface area contributed by atoms with Crippen molar-refractivity contribution < 1.29 is 14.3 Å². The van der Waals surface area contributed by atoms with Crippen molar-refractivity contribution in [3.8, 4) is 0 Å². The number of carbonyl (C=O) groups excluding carboxylic acids is 2. The van der Waals surface area contributed by atoms with E-state index in [9.17, 15) is 9.59 Å². The number of aryl methyl sites for hydroxylation is 1. The van der Waals surface area contributed by atoms with E-state index in [1.165, 1.54) is 0 Å². The molecule has 20 heavy (non-hydrogen) atoms. The van der Waals surface area contributed by atoms with E-state index in [1.54, 1.807) is 4.90 Å². The van der Waals surface area contributed by atoms with E-state index in [1.807, 2.05) is 18.2 Å². The number of ketones is 1. The third-order valence-electron chi connectivity index (χ3n) is 3.94. The van der Waals surface area contributed by atoms with Gasteiger partial charge < -0.3 is 10.5 Å². The van der Waals surface area contributed by atoms with Gasteiger partial charge in [0.25, 0.3) is 0 Å². The van der Waals surface area contributed by atoms with E-state index >= 15 is 0 Å². The number of amides is 1. The first kappa shape index (κ1) is 13.1. The first-order valence-electron chi connectivity index (χ1n) is 7.03. The number of ether oxygens (including phenoxy) is 1. The average molecular weight is 274 g/mol. The minimum absolute atomic E-state index is 0.169. The fourth-order valence-corrected chi connectivity index (χ4v) is 2.80. The molecule has 1 amide bonds. The zero-order chi connectivity index (χ0) is 14.1. The molecule has 1 aliphatic heterocycles. The van der Waals surface area contributed by atoms with Crippen LogP contribution in [0.2, 0.25) is 0 Å². The second kappa shape index (κ2) is 5.25. The van der Waals surface area contributed by atoms with Crippen LogP contribution in [0.4, 0.5) is 10.5 Å². The molecule has 2 aliphatic rings. The molecule has 0 spiro atoms. The molecule has 1 unspecified atom stereocenters. The molecule has 0 bridgehead atoms. The fraction of sp³-hybridized carbons (Fsp3) is 0.467. The molecule has 1 fully saturated rings. The van der Waals surface area contributed by atoms with Gasteiger partial charge in [0.2, 0.25) is 0 Å². The van der Waals surface area contributed by atoms with Crippen molar-refractivity contribution in [1.29, 1.82) is 0 Å².